The van der Waals surface area contributed by atoms with E-state index in [0.717, 1.165) is 35.8 Å². The summed E-state index contributed by atoms with van der Waals surface area (Å²) in [4.78, 5) is 33.0. The maximum atomic E-state index is 13.3. The smallest absolute Gasteiger partial charge is 0.252 e. The molecule has 2 heterocycles. The molecule has 2 aromatic rings. The monoisotopic (exact) mass is 413 g/mol. The van der Waals surface area contributed by atoms with E-state index >= 15 is 0 Å². The zero-order valence-electron chi connectivity index (χ0n) is 16.6. The van der Waals surface area contributed by atoms with Crippen LogP contribution in [0.2, 0.25) is 0 Å². The van der Waals surface area contributed by atoms with Crippen LogP contribution < -0.4 is 4.90 Å². The molecule has 2 amide bonds. The van der Waals surface area contributed by atoms with Gasteiger partial charge in [-0.05, 0) is 36.8 Å². The molecule has 1 saturated heterocycles. The number of carbonyl (C=O) groups is 2. The first-order chi connectivity index (χ1) is 13.9. The number of benzene rings is 2. The molecule has 2 aliphatic heterocycles. The number of anilines is 1. The van der Waals surface area contributed by atoms with Crippen LogP contribution in [0.3, 0.4) is 0 Å². The molecule has 29 heavy (non-hydrogen) atoms. The Hall–Kier alpha value is -2.38. The van der Waals surface area contributed by atoms with Crippen molar-refractivity contribution in [2.75, 3.05) is 38.1 Å². The lowest BCUT2D eigenvalue weighted by molar-refractivity contribution is -0.139. The van der Waals surface area contributed by atoms with Crippen molar-refractivity contribution < 1.29 is 14.0 Å². The van der Waals surface area contributed by atoms with Crippen molar-refractivity contribution in [1.29, 1.82) is 0 Å². The fourth-order valence-corrected chi connectivity index (χ4v) is 5.24. The molecule has 0 aromatic heterocycles. The number of nitrogens with zero attached hydrogens (tertiary/aromatic N) is 3. The van der Waals surface area contributed by atoms with Crippen LogP contribution in [0, 0.1) is 5.82 Å². The van der Waals surface area contributed by atoms with Gasteiger partial charge in [0.05, 0.1) is 5.69 Å². The van der Waals surface area contributed by atoms with Gasteiger partial charge in [0.15, 0.2) is 4.75 Å². The highest BCUT2D eigenvalue weighted by molar-refractivity contribution is 8.02. The molecule has 1 fully saturated rings. The maximum Gasteiger partial charge on any atom is 0.252 e. The summed E-state index contributed by atoms with van der Waals surface area (Å²) < 4.78 is 11.9. The second-order valence-corrected chi connectivity index (χ2v) is 9.12. The van der Waals surface area contributed by atoms with Crippen LogP contribution >= 0.6 is 11.8 Å². The van der Waals surface area contributed by atoms with Crippen molar-refractivity contribution in [3.05, 3.63) is 59.9 Å². The predicted octanol–water partition coefficient (Wildman–Crippen LogP) is 3.00. The first-order valence-electron chi connectivity index (χ1n) is 9.71. The molecular formula is C22H24FN3O2S. The van der Waals surface area contributed by atoms with Gasteiger partial charge in [-0.2, -0.15) is 0 Å². The highest BCUT2D eigenvalue weighted by Crippen LogP contribution is 2.45. The summed E-state index contributed by atoms with van der Waals surface area (Å²) in [5.74, 6) is -0.547. The third-order valence-electron chi connectivity index (χ3n) is 5.64. The van der Waals surface area contributed by atoms with Gasteiger partial charge < -0.3 is 9.80 Å². The predicted molar refractivity (Wildman–Crippen MR) is 112 cm³/mol. The Morgan fingerprint density at radius 1 is 1.07 bits per heavy atom. The minimum Gasteiger partial charge on any atom is -0.338 e. The average Bonchev–Trinajstić information content (AvgIpc) is 2.74. The molecule has 5 nitrogen and oxygen atoms in total. The van der Waals surface area contributed by atoms with E-state index in [9.17, 15) is 14.0 Å². The molecule has 0 radical (unpaired) electrons. The zero-order valence-corrected chi connectivity index (χ0v) is 17.4. The number of fused-ring (bicyclic) bond motifs is 1. The molecule has 4 rings (SSSR count). The van der Waals surface area contributed by atoms with Gasteiger partial charge in [-0.25, -0.2) is 4.39 Å². The summed E-state index contributed by atoms with van der Waals surface area (Å²) in [6.45, 7) is 5.07. The summed E-state index contributed by atoms with van der Waals surface area (Å²) in [5.41, 5.74) is 1.89. The molecule has 0 spiro atoms. The van der Waals surface area contributed by atoms with Crippen LogP contribution in [0.25, 0.3) is 0 Å². The Bertz CT molecular complexity index is 928. The van der Waals surface area contributed by atoms with E-state index in [-0.39, 0.29) is 17.6 Å². The summed E-state index contributed by atoms with van der Waals surface area (Å²) in [6, 6.07) is 14.2. The van der Waals surface area contributed by atoms with Crippen LogP contribution in [0.4, 0.5) is 10.1 Å². The van der Waals surface area contributed by atoms with E-state index in [1.54, 1.807) is 35.9 Å². The van der Waals surface area contributed by atoms with Crippen LogP contribution in [0.5, 0.6) is 0 Å². The first-order valence-corrected chi connectivity index (χ1v) is 10.5. The van der Waals surface area contributed by atoms with Gasteiger partial charge in [0, 0.05) is 44.7 Å². The van der Waals surface area contributed by atoms with Gasteiger partial charge in [-0.3, -0.25) is 14.5 Å². The molecule has 0 aliphatic carbocycles. The molecule has 0 saturated carbocycles. The van der Waals surface area contributed by atoms with Gasteiger partial charge in [0.2, 0.25) is 5.91 Å². The molecule has 2 aliphatic rings. The average molecular weight is 414 g/mol. The van der Waals surface area contributed by atoms with Gasteiger partial charge in [-0.1, -0.05) is 36.0 Å². The topological polar surface area (TPSA) is 43.9 Å². The van der Waals surface area contributed by atoms with Crippen molar-refractivity contribution >= 4 is 29.3 Å². The van der Waals surface area contributed by atoms with Gasteiger partial charge >= 0.3 is 0 Å². The van der Waals surface area contributed by atoms with E-state index in [2.05, 4.69) is 4.90 Å². The Morgan fingerprint density at radius 3 is 2.41 bits per heavy atom. The SMILES string of the molecule is CN1C(=O)C(C)(C(=O)N2CCN(Cc3ccc(F)cc3)CC2)Sc2ccccc21. The second-order valence-electron chi connectivity index (χ2n) is 7.66. The summed E-state index contributed by atoms with van der Waals surface area (Å²) in [7, 11) is 1.73. The summed E-state index contributed by atoms with van der Waals surface area (Å²) >= 11 is 1.35. The third kappa shape index (κ3) is 3.76. The number of piperazine rings is 1. The number of rotatable bonds is 3. The van der Waals surface area contributed by atoms with Crippen molar-refractivity contribution in [3.8, 4) is 0 Å². The lowest BCUT2D eigenvalue weighted by atomic mass is 10.1. The standard InChI is InChI=1S/C22H24FN3O2S/c1-22(20(27)24(2)18-5-3-4-6-19(18)29-22)21(28)26-13-11-25(12-14-26)15-16-7-9-17(23)10-8-16/h3-10H,11-15H2,1-2H3. The normalized spacial score (nSPS) is 22.5. The summed E-state index contributed by atoms with van der Waals surface area (Å²) in [5, 5.41) is 0. The van der Waals surface area contributed by atoms with Crippen LogP contribution in [-0.4, -0.2) is 59.6 Å². The number of halogens is 1. The van der Waals surface area contributed by atoms with Crippen molar-refractivity contribution in [2.24, 2.45) is 0 Å². The molecular weight excluding hydrogens is 389 g/mol. The molecule has 0 N–H and O–H groups in total. The Balaban J connectivity index is 1.43. The van der Waals surface area contributed by atoms with E-state index in [1.165, 1.54) is 23.9 Å². The number of para-hydroxylation sites is 1. The number of hydrogen-bond acceptors (Lipinski definition) is 4. The molecule has 0 bridgehead atoms. The van der Waals surface area contributed by atoms with E-state index in [1.807, 2.05) is 24.3 Å². The Morgan fingerprint density at radius 2 is 1.72 bits per heavy atom. The lowest BCUT2D eigenvalue weighted by Crippen LogP contribution is -2.59. The number of carbonyl (C=O) groups excluding carboxylic acids is 2. The Labute approximate surface area is 174 Å². The maximum absolute atomic E-state index is 13.3. The number of thioether (sulfide) groups is 1. The minimum atomic E-state index is -1.15. The van der Waals surface area contributed by atoms with Crippen molar-refractivity contribution in [1.82, 2.24) is 9.80 Å². The quantitative estimate of drug-likeness (QED) is 0.726. The Kier molecular flexibility index (Phi) is 5.36. The number of hydrogen-bond donors (Lipinski definition) is 0. The van der Waals surface area contributed by atoms with E-state index in [4.69, 9.17) is 0 Å². The number of amides is 2. The van der Waals surface area contributed by atoms with Crippen molar-refractivity contribution in [2.45, 2.75) is 23.1 Å². The van der Waals surface area contributed by atoms with Crippen molar-refractivity contribution in [3.63, 3.8) is 0 Å². The largest absolute Gasteiger partial charge is 0.338 e. The fraction of sp³-hybridized carbons (Fsp3) is 0.364. The van der Waals surface area contributed by atoms with Crippen LogP contribution in [0.1, 0.15) is 12.5 Å². The van der Waals surface area contributed by atoms with Gasteiger partial charge in [-0.15, -0.1) is 0 Å². The first kappa shape index (κ1) is 19.9. The highest BCUT2D eigenvalue weighted by atomic mass is 32.2. The summed E-state index contributed by atoms with van der Waals surface area (Å²) in [6.07, 6.45) is 0. The second kappa shape index (κ2) is 7.80. The van der Waals surface area contributed by atoms with Crippen LogP contribution in [0.15, 0.2) is 53.4 Å². The van der Waals surface area contributed by atoms with Gasteiger partial charge in [0.25, 0.3) is 5.91 Å². The van der Waals surface area contributed by atoms with E-state index < -0.39 is 4.75 Å². The molecule has 152 valence electrons. The van der Waals surface area contributed by atoms with Gasteiger partial charge in [0.1, 0.15) is 5.82 Å². The minimum absolute atomic E-state index is 0.129. The highest BCUT2D eigenvalue weighted by Gasteiger charge is 2.50. The molecule has 7 heteroatoms. The lowest BCUT2D eigenvalue weighted by Gasteiger charge is -2.42. The van der Waals surface area contributed by atoms with Crippen LogP contribution in [-0.2, 0) is 16.1 Å². The van der Waals surface area contributed by atoms with E-state index in [0.29, 0.717) is 13.1 Å². The fourth-order valence-electron chi connectivity index (χ4n) is 3.91. The third-order valence-corrected chi connectivity index (χ3v) is 6.96. The molecule has 2 aromatic carbocycles. The molecule has 1 atom stereocenters. The zero-order chi connectivity index (χ0) is 20.6. The molecule has 1 unspecified atom stereocenters.